The minimum Gasteiger partial charge on any atom is -0.385 e. The number of hydrogen-bond acceptors (Lipinski definition) is 5. The van der Waals surface area contributed by atoms with Gasteiger partial charge in [0, 0.05) is 19.8 Å². The molecule has 4 nitrogen and oxygen atoms in total. The van der Waals surface area contributed by atoms with E-state index in [-0.39, 0.29) is 0 Å². The average molecular weight is 271 g/mol. The monoisotopic (exact) mass is 271 g/mol. The van der Waals surface area contributed by atoms with Crippen molar-refractivity contribution >= 4 is 11.5 Å². The topological polar surface area (TPSA) is 47.0 Å². The Morgan fingerprint density at radius 3 is 2.78 bits per heavy atom. The van der Waals surface area contributed by atoms with Crippen LogP contribution in [0.1, 0.15) is 50.2 Å². The number of aryl methyl sites for hydroxylation is 1. The molecule has 0 aliphatic heterocycles. The summed E-state index contributed by atoms with van der Waals surface area (Å²) in [5.74, 6) is 0.530. The van der Waals surface area contributed by atoms with E-state index in [4.69, 9.17) is 4.74 Å². The SMILES string of the molecule is CCCc1nnsc1C(NCC)C(C)CCOC. The van der Waals surface area contributed by atoms with Crippen LogP contribution in [0.3, 0.4) is 0 Å². The zero-order valence-electron chi connectivity index (χ0n) is 11.9. The zero-order chi connectivity index (χ0) is 13.4. The van der Waals surface area contributed by atoms with E-state index in [2.05, 4.69) is 35.7 Å². The Hall–Kier alpha value is -0.520. The third-order valence-electron chi connectivity index (χ3n) is 3.12. The Morgan fingerprint density at radius 1 is 1.39 bits per heavy atom. The van der Waals surface area contributed by atoms with Crippen molar-refractivity contribution in [2.45, 2.75) is 46.1 Å². The van der Waals surface area contributed by atoms with Crippen molar-refractivity contribution in [1.82, 2.24) is 14.9 Å². The minimum absolute atomic E-state index is 0.353. The Balaban J connectivity index is 2.78. The lowest BCUT2D eigenvalue weighted by molar-refractivity contribution is 0.170. The summed E-state index contributed by atoms with van der Waals surface area (Å²) in [5, 5.41) is 7.84. The molecule has 1 aromatic rings. The molecule has 2 atom stereocenters. The van der Waals surface area contributed by atoms with Crippen LogP contribution in [-0.2, 0) is 11.2 Å². The molecule has 1 N–H and O–H groups in total. The molecule has 1 aromatic heterocycles. The summed E-state index contributed by atoms with van der Waals surface area (Å²) >= 11 is 1.53. The van der Waals surface area contributed by atoms with E-state index in [1.54, 1.807) is 7.11 Å². The van der Waals surface area contributed by atoms with Crippen molar-refractivity contribution in [2.24, 2.45) is 5.92 Å². The summed E-state index contributed by atoms with van der Waals surface area (Å²) in [4.78, 5) is 1.31. The summed E-state index contributed by atoms with van der Waals surface area (Å²) in [5.41, 5.74) is 1.16. The van der Waals surface area contributed by atoms with Gasteiger partial charge in [0.2, 0.25) is 0 Å². The standard InChI is InChI=1S/C13H25N3OS/c1-5-7-11-13(18-16-15-11)12(14-6-2)10(3)8-9-17-4/h10,12,14H,5-9H2,1-4H3. The molecule has 0 bridgehead atoms. The summed E-state index contributed by atoms with van der Waals surface area (Å²) in [7, 11) is 1.76. The van der Waals surface area contributed by atoms with Crippen LogP contribution in [0.5, 0.6) is 0 Å². The van der Waals surface area contributed by atoms with Crippen molar-refractivity contribution in [3.63, 3.8) is 0 Å². The van der Waals surface area contributed by atoms with Crippen molar-refractivity contribution < 1.29 is 4.74 Å². The van der Waals surface area contributed by atoms with Gasteiger partial charge in [-0.1, -0.05) is 31.7 Å². The molecule has 0 aromatic carbocycles. The Morgan fingerprint density at radius 2 is 2.17 bits per heavy atom. The molecule has 5 heteroatoms. The molecule has 0 radical (unpaired) electrons. The first-order chi connectivity index (χ1) is 8.74. The Labute approximate surface area is 114 Å². The van der Waals surface area contributed by atoms with Crippen LogP contribution in [0.15, 0.2) is 0 Å². The van der Waals surface area contributed by atoms with E-state index in [0.29, 0.717) is 12.0 Å². The second-order valence-electron chi connectivity index (χ2n) is 4.63. The predicted octanol–water partition coefficient (Wildman–Crippen LogP) is 2.81. The first-order valence-corrected chi connectivity index (χ1v) is 7.55. The number of aromatic nitrogens is 2. The van der Waals surface area contributed by atoms with E-state index in [1.165, 1.54) is 16.4 Å². The maximum atomic E-state index is 5.18. The fourth-order valence-electron chi connectivity index (χ4n) is 2.10. The fraction of sp³-hybridized carbons (Fsp3) is 0.846. The molecule has 0 saturated carbocycles. The Bertz CT molecular complexity index is 330. The quantitative estimate of drug-likeness (QED) is 0.750. The summed E-state index contributed by atoms with van der Waals surface area (Å²) in [6.45, 7) is 8.36. The molecule has 1 rings (SSSR count). The molecule has 0 fully saturated rings. The van der Waals surface area contributed by atoms with Crippen molar-refractivity contribution in [3.05, 3.63) is 10.6 Å². The van der Waals surface area contributed by atoms with E-state index in [1.807, 2.05) is 0 Å². The number of methoxy groups -OCH3 is 1. The van der Waals surface area contributed by atoms with Gasteiger partial charge in [-0.3, -0.25) is 0 Å². The van der Waals surface area contributed by atoms with E-state index < -0.39 is 0 Å². The van der Waals surface area contributed by atoms with Crippen LogP contribution in [0, 0.1) is 5.92 Å². The summed E-state index contributed by atoms with van der Waals surface area (Å²) in [6, 6.07) is 0.353. The number of hydrogen-bond donors (Lipinski definition) is 1. The van der Waals surface area contributed by atoms with E-state index in [0.717, 1.165) is 38.1 Å². The highest BCUT2D eigenvalue weighted by atomic mass is 32.1. The van der Waals surface area contributed by atoms with Gasteiger partial charge in [-0.25, -0.2) is 0 Å². The van der Waals surface area contributed by atoms with Crippen LogP contribution >= 0.6 is 11.5 Å². The molecule has 18 heavy (non-hydrogen) atoms. The first-order valence-electron chi connectivity index (χ1n) is 6.77. The third kappa shape index (κ3) is 4.30. The highest BCUT2D eigenvalue weighted by Gasteiger charge is 2.23. The molecule has 0 amide bonds. The number of nitrogens with zero attached hydrogens (tertiary/aromatic N) is 2. The minimum atomic E-state index is 0.353. The smallest absolute Gasteiger partial charge is 0.0803 e. The molecule has 2 unspecified atom stereocenters. The van der Waals surface area contributed by atoms with E-state index >= 15 is 0 Å². The predicted molar refractivity (Wildman–Crippen MR) is 76.0 cm³/mol. The lowest BCUT2D eigenvalue weighted by Gasteiger charge is -2.24. The van der Waals surface area contributed by atoms with Gasteiger partial charge in [0.25, 0.3) is 0 Å². The number of nitrogens with one attached hydrogen (secondary N) is 1. The average Bonchev–Trinajstić information content (AvgIpc) is 2.81. The largest absolute Gasteiger partial charge is 0.385 e. The van der Waals surface area contributed by atoms with Gasteiger partial charge in [-0.2, -0.15) is 0 Å². The lowest BCUT2D eigenvalue weighted by atomic mass is 9.95. The second kappa shape index (κ2) is 8.56. The van der Waals surface area contributed by atoms with Gasteiger partial charge in [0.1, 0.15) is 0 Å². The number of ether oxygens (including phenoxy) is 1. The lowest BCUT2D eigenvalue weighted by Crippen LogP contribution is -2.27. The van der Waals surface area contributed by atoms with E-state index in [9.17, 15) is 0 Å². The Kier molecular flexibility index (Phi) is 7.39. The molecule has 0 aliphatic rings. The van der Waals surface area contributed by atoms with Crippen molar-refractivity contribution in [3.8, 4) is 0 Å². The van der Waals surface area contributed by atoms with Gasteiger partial charge in [0.15, 0.2) is 0 Å². The molecule has 1 heterocycles. The van der Waals surface area contributed by atoms with Gasteiger partial charge < -0.3 is 10.1 Å². The van der Waals surface area contributed by atoms with Crippen molar-refractivity contribution in [2.75, 3.05) is 20.3 Å². The highest BCUT2D eigenvalue weighted by molar-refractivity contribution is 7.05. The van der Waals surface area contributed by atoms with Crippen LogP contribution in [0.4, 0.5) is 0 Å². The van der Waals surface area contributed by atoms with Crippen molar-refractivity contribution in [1.29, 1.82) is 0 Å². The van der Waals surface area contributed by atoms with Gasteiger partial charge in [-0.05, 0) is 36.8 Å². The maximum Gasteiger partial charge on any atom is 0.0803 e. The van der Waals surface area contributed by atoms with Gasteiger partial charge >= 0.3 is 0 Å². The number of rotatable bonds is 9. The molecule has 104 valence electrons. The highest BCUT2D eigenvalue weighted by Crippen LogP contribution is 2.29. The summed E-state index contributed by atoms with van der Waals surface area (Å²) in [6.07, 6.45) is 3.19. The van der Waals surface area contributed by atoms with Crippen LogP contribution in [0.25, 0.3) is 0 Å². The molecule has 0 spiro atoms. The molecule has 0 saturated heterocycles. The molecular formula is C13H25N3OS. The zero-order valence-corrected chi connectivity index (χ0v) is 12.7. The van der Waals surface area contributed by atoms with Gasteiger partial charge in [0.05, 0.1) is 10.6 Å². The fourth-order valence-corrected chi connectivity index (χ4v) is 3.01. The molecule has 0 aliphatic carbocycles. The third-order valence-corrected chi connectivity index (χ3v) is 3.97. The second-order valence-corrected chi connectivity index (χ2v) is 5.41. The first kappa shape index (κ1) is 15.5. The molecular weight excluding hydrogens is 246 g/mol. The summed E-state index contributed by atoms with van der Waals surface area (Å²) < 4.78 is 9.31. The normalized spacial score (nSPS) is 14.7. The van der Waals surface area contributed by atoms with Crippen LogP contribution in [0.2, 0.25) is 0 Å². The maximum absolute atomic E-state index is 5.18. The van der Waals surface area contributed by atoms with Crippen LogP contribution < -0.4 is 5.32 Å². The van der Waals surface area contributed by atoms with Gasteiger partial charge in [-0.15, -0.1) is 5.10 Å². The van der Waals surface area contributed by atoms with Crippen LogP contribution in [-0.4, -0.2) is 29.8 Å².